The molecule has 0 saturated carbocycles. The maximum Gasteiger partial charge on any atom is 0.343 e. The van der Waals surface area contributed by atoms with Gasteiger partial charge in [-0.05, 0) is 50.3 Å². The topological polar surface area (TPSA) is 57.5 Å². The molecule has 5 nitrogen and oxygen atoms in total. The molecule has 0 N–H and O–H groups in total. The molecular weight excluding hydrogens is 402 g/mol. The van der Waals surface area contributed by atoms with E-state index < -0.39 is 5.97 Å². The summed E-state index contributed by atoms with van der Waals surface area (Å²) < 4.78 is 13.5. The maximum atomic E-state index is 12.9. The van der Waals surface area contributed by atoms with E-state index in [1.807, 2.05) is 43.5 Å². The Kier molecular flexibility index (Phi) is 4.86. The molecule has 0 aliphatic carbocycles. The van der Waals surface area contributed by atoms with Crippen molar-refractivity contribution in [2.24, 2.45) is 0 Å². The molecule has 0 bridgehead atoms. The van der Waals surface area contributed by atoms with Gasteiger partial charge in [0.25, 0.3) is 0 Å². The van der Waals surface area contributed by atoms with Gasteiger partial charge in [0.05, 0.1) is 11.1 Å². The highest BCUT2D eigenvalue weighted by Gasteiger charge is 2.28. The summed E-state index contributed by atoms with van der Waals surface area (Å²) in [5, 5.41) is 1.06. The number of ketones is 1. The second kappa shape index (κ2) is 7.85. The van der Waals surface area contributed by atoms with Gasteiger partial charge in [0.2, 0.25) is 5.78 Å². The number of carbonyl (C=O) groups is 2. The number of aryl methyl sites for hydroxylation is 2. The molecule has 5 heteroatoms. The molecule has 1 aliphatic heterocycles. The van der Waals surface area contributed by atoms with Gasteiger partial charge in [-0.2, -0.15) is 0 Å². The highest BCUT2D eigenvalue weighted by molar-refractivity contribution is 6.15. The Labute approximate surface area is 185 Å². The van der Waals surface area contributed by atoms with Crippen molar-refractivity contribution in [3.8, 4) is 11.5 Å². The molecule has 0 spiro atoms. The van der Waals surface area contributed by atoms with Crippen molar-refractivity contribution < 1.29 is 19.1 Å². The van der Waals surface area contributed by atoms with Crippen LogP contribution in [-0.4, -0.2) is 16.3 Å². The van der Waals surface area contributed by atoms with Crippen LogP contribution in [0.2, 0.25) is 0 Å². The summed E-state index contributed by atoms with van der Waals surface area (Å²) in [4.78, 5) is 25.3. The Hall–Kier alpha value is -4.12. The van der Waals surface area contributed by atoms with Gasteiger partial charge in [0, 0.05) is 35.3 Å². The zero-order valence-electron chi connectivity index (χ0n) is 17.8. The molecule has 0 saturated heterocycles. The van der Waals surface area contributed by atoms with E-state index in [2.05, 4.69) is 17.6 Å². The lowest BCUT2D eigenvalue weighted by atomic mass is 10.1. The van der Waals surface area contributed by atoms with Crippen LogP contribution in [0.15, 0.2) is 78.7 Å². The third-order valence-electron chi connectivity index (χ3n) is 5.59. The minimum atomic E-state index is -0.461. The first-order valence-electron chi connectivity index (χ1n) is 10.5. The van der Waals surface area contributed by atoms with Crippen molar-refractivity contribution in [2.45, 2.75) is 20.4 Å². The summed E-state index contributed by atoms with van der Waals surface area (Å²) >= 11 is 0. The molecule has 5 rings (SSSR count). The minimum Gasteiger partial charge on any atom is -0.452 e. The number of esters is 1. The highest BCUT2D eigenvalue weighted by Crippen LogP contribution is 2.36. The molecule has 32 heavy (non-hydrogen) atoms. The first-order valence-corrected chi connectivity index (χ1v) is 10.5. The van der Waals surface area contributed by atoms with Gasteiger partial charge in [-0.1, -0.05) is 35.9 Å². The van der Waals surface area contributed by atoms with E-state index in [-0.39, 0.29) is 11.5 Å². The molecule has 2 heterocycles. The zero-order valence-corrected chi connectivity index (χ0v) is 17.8. The van der Waals surface area contributed by atoms with Crippen molar-refractivity contribution in [3.05, 3.63) is 101 Å². The van der Waals surface area contributed by atoms with Crippen LogP contribution in [0.4, 0.5) is 0 Å². The van der Waals surface area contributed by atoms with E-state index in [4.69, 9.17) is 9.47 Å². The SMILES string of the molecule is CCn1cc(C=C2Oc3cc(OC(=O)c4ccc(C)cc4)ccc3C2=O)c2ccccc21. The van der Waals surface area contributed by atoms with Crippen LogP contribution in [0.3, 0.4) is 0 Å². The lowest BCUT2D eigenvalue weighted by Gasteiger charge is -2.06. The molecule has 1 aromatic heterocycles. The monoisotopic (exact) mass is 423 g/mol. The number of carbonyl (C=O) groups excluding carboxylic acids is 2. The van der Waals surface area contributed by atoms with Gasteiger partial charge in [-0.15, -0.1) is 0 Å². The van der Waals surface area contributed by atoms with Crippen LogP contribution in [0.25, 0.3) is 17.0 Å². The van der Waals surface area contributed by atoms with Gasteiger partial charge in [-0.3, -0.25) is 4.79 Å². The summed E-state index contributed by atoms with van der Waals surface area (Å²) in [5.74, 6) is 0.309. The Bertz CT molecular complexity index is 1390. The molecule has 0 radical (unpaired) electrons. The Morgan fingerprint density at radius 3 is 2.62 bits per heavy atom. The van der Waals surface area contributed by atoms with Crippen LogP contribution < -0.4 is 9.47 Å². The van der Waals surface area contributed by atoms with Crippen LogP contribution in [0, 0.1) is 6.92 Å². The molecule has 3 aromatic carbocycles. The third-order valence-corrected chi connectivity index (χ3v) is 5.59. The second-order valence-corrected chi connectivity index (χ2v) is 7.74. The first-order chi connectivity index (χ1) is 15.5. The molecule has 4 aromatic rings. The number of allylic oxidation sites excluding steroid dienone is 1. The average Bonchev–Trinajstić information content (AvgIpc) is 3.31. The van der Waals surface area contributed by atoms with Crippen molar-refractivity contribution in [1.82, 2.24) is 4.57 Å². The first kappa shape index (κ1) is 19.8. The van der Waals surface area contributed by atoms with Gasteiger partial charge in [0.15, 0.2) is 5.76 Å². The number of rotatable bonds is 4. The summed E-state index contributed by atoms with van der Waals surface area (Å²) in [6, 6.07) is 20.0. The number of hydrogen-bond acceptors (Lipinski definition) is 4. The zero-order chi connectivity index (χ0) is 22.2. The van der Waals surface area contributed by atoms with Gasteiger partial charge < -0.3 is 14.0 Å². The van der Waals surface area contributed by atoms with Crippen LogP contribution in [0.1, 0.15) is 38.8 Å². The molecular formula is C27H21NO4. The van der Waals surface area contributed by atoms with E-state index >= 15 is 0 Å². The predicted molar refractivity (Wildman–Crippen MR) is 123 cm³/mol. The van der Waals surface area contributed by atoms with Crippen molar-refractivity contribution in [3.63, 3.8) is 0 Å². The van der Waals surface area contributed by atoms with Gasteiger partial charge in [-0.25, -0.2) is 4.79 Å². The third kappa shape index (κ3) is 3.48. The van der Waals surface area contributed by atoms with Crippen molar-refractivity contribution >= 4 is 28.7 Å². The Morgan fingerprint density at radius 1 is 1.06 bits per heavy atom. The smallest absolute Gasteiger partial charge is 0.343 e. The quantitative estimate of drug-likeness (QED) is 0.236. The fourth-order valence-corrected chi connectivity index (χ4v) is 3.88. The molecule has 0 atom stereocenters. The van der Waals surface area contributed by atoms with Gasteiger partial charge in [0.1, 0.15) is 11.5 Å². The number of benzene rings is 3. The number of hydrogen-bond donors (Lipinski definition) is 0. The van der Waals surface area contributed by atoms with Crippen LogP contribution in [0.5, 0.6) is 11.5 Å². The normalized spacial score (nSPS) is 13.9. The number of para-hydroxylation sites is 1. The van der Waals surface area contributed by atoms with E-state index in [1.165, 1.54) is 0 Å². The summed E-state index contributed by atoms with van der Waals surface area (Å²) in [5.41, 5.74) is 4.00. The van der Waals surface area contributed by atoms with E-state index in [1.54, 1.807) is 36.4 Å². The summed E-state index contributed by atoms with van der Waals surface area (Å²) in [7, 11) is 0. The van der Waals surface area contributed by atoms with E-state index in [9.17, 15) is 9.59 Å². The Morgan fingerprint density at radius 2 is 1.84 bits per heavy atom. The number of fused-ring (bicyclic) bond motifs is 2. The highest BCUT2D eigenvalue weighted by atomic mass is 16.5. The average molecular weight is 423 g/mol. The molecule has 0 unspecified atom stereocenters. The van der Waals surface area contributed by atoms with Gasteiger partial charge >= 0.3 is 5.97 Å². The van der Waals surface area contributed by atoms with Crippen LogP contribution in [-0.2, 0) is 6.54 Å². The fourth-order valence-electron chi connectivity index (χ4n) is 3.88. The van der Waals surface area contributed by atoms with E-state index in [0.717, 1.165) is 28.6 Å². The van der Waals surface area contributed by atoms with E-state index in [0.29, 0.717) is 22.6 Å². The lowest BCUT2D eigenvalue weighted by Crippen LogP contribution is -2.08. The van der Waals surface area contributed by atoms with Crippen LogP contribution >= 0.6 is 0 Å². The predicted octanol–water partition coefficient (Wildman–Crippen LogP) is 5.81. The number of aromatic nitrogens is 1. The molecule has 158 valence electrons. The minimum absolute atomic E-state index is 0.190. The number of ether oxygens (including phenoxy) is 2. The lowest BCUT2D eigenvalue weighted by molar-refractivity contribution is 0.0734. The van der Waals surface area contributed by atoms with Crippen molar-refractivity contribution in [1.29, 1.82) is 0 Å². The molecule has 0 fully saturated rings. The molecule has 0 amide bonds. The standard InChI is InChI=1S/C27H21NO4/c1-3-28-16-19(21-6-4-5-7-23(21)28)14-25-26(29)22-13-12-20(15-24(22)32-25)31-27(30)18-10-8-17(2)9-11-18/h4-16H,3H2,1-2H3. The number of Topliss-reactive ketones (excluding diaryl/α,β-unsaturated/α-hetero) is 1. The number of nitrogens with zero attached hydrogens (tertiary/aromatic N) is 1. The molecule has 1 aliphatic rings. The summed E-state index contributed by atoms with van der Waals surface area (Å²) in [6.07, 6.45) is 3.79. The summed E-state index contributed by atoms with van der Waals surface area (Å²) in [6.45, 7) is 4.86. The Balaban J connectivity index is 1.42. The van der Waals surface area contributed by atoms with Crippen molar-refractivity contribution in [2.75, 3.05) is 0 Å². The second-order valence-electron chi connectivity index (χ2n) is 7.74. The maximum absolute atomic E-state index is 12.9. The largest absolute Gasteiger partial charge is 0.452 e. The fraction of sp³-hybridized carbons (Fsp3) is 0.111.